The van der Waals surface area contributed by atoms with Crippen molar-refractivity contribution in [3.05, 3.63) is 65.2 Å². The second kappa shape index (κ2) is 7.79. The van der Waals surface area contributed by atoms with Crippen LogP contribution in [0.5, 0.6) is 0 Å². The van der Waals surface area contributed by atoms with Gasteiger partial charge in [0, 0.05) is 23.2 Å². The molecule has 0 saturated carbocycles. The van der Waals surface area contributed by atoms with Gasteiger partial charge in [0.05, 0.1) is 13.1 Å². The highest BCUT2D eigenvalue weighted by molar-refractivity contribution is 5.97. The number of amides is 1. The van der Waals surface area contributed by atoms with E-state index < -0.39 is 11.6 Å². The molecular weight excluding hydrogens is 314 g/mol. The minimum Gasteiger partial charge on any atom is -0.324 e. The second-order valence-corrected chi connectivity index (χ2v) is 5.25. The SMILES string of the molecule is CCC(=O)N(Cc1ccc(C(=O)CN)cc1F)c1cccc(F)c1. The molecule has 0 atom stereocenters. The first kappa shape index (κ1) is 17.7. The van der Waals surface area contributed by atoms with E-state index in [1.54, 1.807) is 13.0 Å². The third-order valence-electron chi connectivity index (χ3n) is 3.61. The van der Waals surface area contributed by atoms with E-state index in [4.69, 9.17) is 5.73 Å². The predicted octanol–water partition coefficient (Wildman–Crippen LogP) is 3.05. The summed E-state index contributed by atoms with van der Waals surface area (Å²) in [7, 11) is 0. The van der Waals surface area contributed by atoms with E-state index in [2.05, 4.69) is 0 Å². The molecule has 0 unspecified atom stereocenters. The van der Waals surface area contributed by atoms with E-state index in [1.807, 2.05) is 0 Å². The van der Waals surface area contributed by atoms with E-state index in [-0.39, 0.29) is 42.3 Å². The van der Waals surface area contributed by atoms with Crippen LogP contribution in [0.15, 0.2) is 42.5 Å². The van der Waals surface area contributed by atoms with Crippen molar-refractivity contribution in [1.82, 2.24) is 0 Å². The Morgan fingerprint density at radius 2 is 1.88 bits per heavy atom. The second-order valence-electron chi connectivity index (χ2n) is 5.25. The van der Waals surface area contributed by atoms with Gasteiger partial charge in [-0.25, -0.2) is 8.78 Å². The Morgan fingerprint density at radius 3 is 2.46 bits per heavy atom. The molecule has 0 aliphatic carbocycles. The number of nitrogens with zero attached hydrogens (tertiary/aromatic N) is 1. The number of nitrogens with two attached hydrogens (primary N) is 1. The lowest BCUT2D eigenvalue weighted by Gasteiger charge is -2.23. The lowest BCUT2D eigenvalue weighted by Crippen LogP contribution is -2.30. The van der Waals surface area contributed by atoms with E-state index in [0.29, 0.717) is 5.69 Å². The maximum atomic E-state index is 14.3. The van der Waals surface area contributed by atoms with Gasteiger partial charge < -0.3 is 10.6 Å². The average Bonchev–Trinajstić information content (AvgIpc) is 2.59. The fourth-order valence-corrected chi connectivity index (χ4v) is 2.30. The summed E-state index contributed by atoms with van der Waals surface area (Å²) >= 11 is 0. The first-order chi connectivity index (χ1) is 11.5. The summed E-state index contributed by atoms with van der Waals surface area (Å²) in [4.78, 5) is 25.0. The van der Waals surface area contributed by atoms with Crippen LogP contribution in [0.2, 0.25) is 0 Å². The molecule has 2 aromatic carbocycles. The zero-order chi connectivity index (χ0) is 17.7. The van der Waals surface area contributed by atoms with Gasteiger partial charge in [0.15, 0.2) is 5.78 Å². The predicted molar refractivity (Wildman–Crippen MR) is 87.7 cm³/mol. The Hall–Kier alpha value is -2.60. The molecule has 0 radical (unpaired) electrons. The first-order valence-corrected chi connectivity index (χ1v) is 7.54. The highest BCUT2D eigenvalue weighted by Gasteiger charge is 2.18. The molecule has 6 heteroatoms. The number of ketones is 1. The summed E-state index contributed by atoms with van der Waals surface area (Å²) in [6.07, 6.45) is 0.196. The molecule has 2 rings (SSSR count). The number of hydrogen-bond donors (Lipinski definition) is 1. The van der Waals surface area contributed by atoms with Crippen LogP contribution in [-0.4, -0.2) is 18.2 Å². The highest BCUT2D eigenvalue weighted by atomic mass is 19.1. The third-order valence-corrected chi connectivity index (χ3v) is 3.61. The van der Waals surface area contributed by atoms with Crippen LogP contribution in [0.4, 0.5) is 14.5 Å². The van der Waals surface area contributed by atoms with E-state index in [1.165, 1.54) is 35.2 Å². The zero-order valence-corrected chi connectivity index (χ0v) is 13.3. The molecule has 0 aromatic heterocycles. The van der Waals surface area contributed by atoms with Crippen molar-refractivity contribution in [2.24, 2.45) is 5.73 Å². The maximum absolute atomic E-state index is 14.3. The summed E-state index contributed by atoms with van der Waals surface area (Å²) in [6.45, 7) is 1.41. The quantitative estimate of drug-likeness (QED) is 0.827. The number of carbonyl (C=O) groups excluding carboxylic acids is 2. The molecule has 0 saturated heterocycles. The van der Waals surface area contributed by atoms with Crippen molar-refractivity contribution >= 4 is 17.4 Å². The summed E-state index contributed by atoms with van der Waals surface area (Å²) in [6, 6.07) is 9.57. The van der Waals surface area contributed by atoms with Crippen molar-refractivity contribution in [2.45, 2.75) is 19.9 Å². The molecule has 0 aliphatic rings. The lowest BCUT2D eigenvalue weighted by atomic mass is 10.1. The van der Waals surface area contributed by atoms with Crippen LogP contribution in [0.1, 0.15) is 29.3 Å². The van der Waals surface area contributed by atoms with Gasteiger partial charge in [-0.15, -0.1) is 0 Å². The van der Waals surface area contributed by atoms with Crippen LogP contribution in [-0.2, 0) is 11.3 Å². The van der Waals surface area contributed by atoms with Crippen LogP contribution in [0, 0.1) is 11.6 Å². The number of carbonyl (C=O) groups is 2. The standard InChI is InChI=1S/C18H18F2N2O2/c1-2-18(24)22(15-5-3-4-14(19)9-15)11-13-7-6-12(8-16(13)20)17(23)10-21/h3-9H,2,10-11,21H2,1H3. The fourth-order valence-electron chi connectivity index (χ4n) is 2.30. The molecule has 0 spiro atoms. The minimum absolute atomic E-state index is 0.0565. The molecule has 0 bridgehead atoms. The number of halogens is 2. The van der Waals surface area contributed by atoms with Crippen molar-refractivity contribution < 1.29 is 18.4 Å². The normalized spacial score (nSPS) is 10.5. The molecule has 0 aliphatic heterocycles. The van der Waals surface area contributed by atoms with Gasteiger partial charge in [0.1, 0.15) is 11.6 Å². The maximum Gasteiger partial charge on any atom is 0.227 e. The van der Waals surface area contributed by atoms with E-state index >= 15 is 0 Å². The molecule has 0 heterocycles. The molecule has 2 aromatic rings. The average molecular weight is 332 g/mol. The molecular formula is C18H18F2N2O2. The van der Waals surface area contributed by atoms with Gasteiger partial charge in [-0.05, 0) is 24.3 Å². The van der Waals surface area contributed by atoms with Gasteiger partial charge in [0.2, 0.25) is 5.91 Å². The van der Waals surface area contributed by atoms with Gasteiger partial charge >= 0.3 is 0 Å². The van der Waals surface area contributed by atoms with Crippen LogP contribution < -0.4 is 10.6 Å². The molecule has 2 N–H and O–H groups in total. The number of hydrogen-bond acceptors (Lipinski definition) is 3. The lowest BCUT2D eigenvalue weighted by molar-refractivity contribution is -0.118. The smallest absolute Gasteiger partial charge is 0.227 e. The number of benzene rings is 2. The molecule has 1 amide bonds. The number of Topliss-reactive ketones (excluding diaryl/α,β-unsaturated/α-hetero) is 1. The zero-order valence-electron chi connectivity index (χ0n) is 13.3. The summed E-state index contributed by atoms with van der Waals surface area (Å²) in [5, 5.41) is 0. The fraction of sp³-hybridized carbons (Fsp3) is 0.222. The van der Waals surface area contributed by atoms with Crippen molar-refractivity contribution in [3.8, 4) is 0 Å². The van der Waals surface area contributed by atoms with Crippen LogP contribution in [0.3, 0.4) is 0 Å². The van der Waals surface area contributed by atoms with Gasteiger partial charge in [-0.1, -0.05) is 25.1 Å². The Morgan fingerprint density at radius 1 is 1.12 bits per heavy atom. The van der Waals surface area contributed by atoms with Crippen molar-refractivity contribution in [3.63, 3.8) is 0 Å². The summed E-state index contributed by atoms with van der Waals surface area (Å²) < 4.78 is 27.7. The third kappa shape index (κ3) is 4.02. The Balaban J connectivity index is 2.33. The Kier molecular flexibility index (Phi) is 5.76. The van der Waals surface area contributed by atoms with Crippen LogP contribution in [0.25, 0.3) is 0 Å². The van der Waals surface area contributed by atoms with Gasteiger partial charge in [0.25, 0.3) is 0 Å². The van der Waals surface area contributed by atoms with Gasteiger partial charge in [-0.2, -0.15) is 0 Å². The Labute approximate surface area is 138 Å². The first-order valence-electron chi connectivity index (χ1n) is 7.54. The Bertz CT molecular complexity index is 762. The number of rotatable bonds is 6. The van der Waals surface area contributed by atoms with E-state index in [0.717, 1.165) is 6.07 Å². The summed E-state index contributed by atoms with van der Waals surface area (Å²) in [5.74, 6) is -1.72. The largest absolute Gasteiger partial charge is 0.324 e. The van der Waals surface area contributed by atoms with Gasteiger partial charge in [-0.3, -0.25) is 9.59 Å². The molecule has 0 fully saturated rings. The monoisotopic (exact) mass is 332 g/mol. The van der Waals surface area contributed by atoms with Crippen molar-refractivity contribution in [2.75, 3.05) is 11.4 Å². The van der Waals surface area contributed by atoms with Crippen molar-refractivity contribution in [1.29, 1.82) is 0 Å². The highest BCUT2D eigenvalue weighted by Crippen LogP contribution is 2.21. The van der Waals surface area contributed by atoms with Crippen LogP contribution >= 0.6 is 0 Å². The van der Waals surface area contributed by atoms with E-state index in [9.17, 15) is 18.4 Å². The molecule has 4 nitrogen and oxygen atoms in total. The number of anilines is 1. The summed E-state index contributed by atoms with van der Waals surface area (Å²) in [5.41, 5.74) is 6.02. The minimum atomic E-state index is -0.611. The molecule has 24 heavy (non-hydrogen) atoms. The molecule has 126 valence electrons. The topological polar surface area (TPSA) is 63.4 Å².